The average molecular weight is 314 g/mol. The number of hydrogen-bond donors (Lipinski definition) is 3. The van der Waals surface area contributed by atoms with E-state index in [0.29, 0.717) is 5.56 Å². The van der Waals surface area contributed by atoms with Gasteiger partial charge in [0.25, 0.3) is 0 Å². The Bertz CT molecular complexity index is 615. The van der Waals surface area contributed by atoms with Crippen LogP contribution in [-0.2, 0) is 21.9 Å². The van der Waals surface area contributed by atoms with Crippen LogP contribution in [0.5, 0.6) is 0 Å². The van der Waals surface area contributed by atoms with Crippen molar-refractivity contribution in [2.75, 3.05) is 6.54 Å². The van der Waals surface area contributed by atoms with E-state index in [9.17, 15) is 9.90 Å². The van der Waals surface area contributed by atoms with E-state index < -0.39 is 17.6 Å². The zero-order chi connectivity index (χ0) is 16.7. The highest BCUT2D eigenvalue weighted by Crippen LogP contribution is 2.28. The molecule has 2 aromatic rings. The van der Waals surface area contributed by atoms with E-state index in [1.54, 1.807) is 24.3 Å². The maximum Gasteiger partial charge on any atom is 0.314 e. The molecule has 0 aliphatic carbocycles. The predicted molar refractivity (Wildman–Crippen MR) is 87.9 cm³/mol. The van der Waals surface area contributed by atoms with Crippen molar-refractivity contribution in [2.45, 2.75) is 18.8 Å². The number of carbonyl (C=O) groups excluding carboxylic acids is 1. The summed E-state index contributed by atoms with van der Waals surface area (Å²) in [6.45, 7) is 0.350. The van der Waals surface area contributed by atoms with Gasteiger partial charge in [-0.3, -0.25) is 10.5 Å². The summed E-state index contributed by atoms with van der Waals surface area (Å²) in [5, 5.41) is 10.7. The lowest BCUT2D eigenvalue weighted by Gasteiger charge is -2.31. The second-order valence-electron chi connectivity index (χ2n) is 5.41. The van der Waals surface area contributed by atoms with Gasteiger partial charge in [0.2, 0.25) is 0 Å². The summed E-state index contributed by atoms with van der Waals surface area (Å²) in [7, 11) is 0. The zero-order valence-electron chi connectivity index (χ0n) is 12.9. The van der Waals surface area contributed by atoms with Gasteiger partial charge in [0.15, 0.2) is 5.72 Å². The van der Waals surface area contributed by atoms with Crippen LogP contribution >= 0.6 is 0 Å². The van der Waals surface area contributed by atoms with Crippen molar-refractivity contribution in [3.8, 4) is 0 Å². The Hall–Kier alpha value is -2.21. The van der Waals surface area contributed by atoms with E-state index in [4.69, 9.17) is 16.2 Å². The van der Waals surface area contributed by atoms with Crippen LogP contribution in [0, 0.1) is 5.92 Å². The van der Waals surface area contributed by atoms with E-state index >= 15 is 0 Å². The van der Waals surface area contributed by atoms with Crippen molar-refractivity contribution in [2.24, 2.45) is 17.4 Å². The molecule has 5 nitrogen and oxygen atoms in total. The van der Waals surface area contributed by atoms with Gasteiger partial charge < -0.3 is 15.6 Å². The number of hydrogen-bond acceptors (Lipinski definition) is 5. The Labute approximate surface area is 135 Å². The first-order chi connectivity index (χ1) is 11.1. The summed E-state index contributed by atoms with van der Waals surface area (Å²) >= 11 is 0. The third kappa shape index (κ3) is 4.39. The number of esters is 1. The second kappa shape index (κ2) is 7.87. The standard InChI is InChI=1S/C18H22N2O3/c19-12-11-16(18(20,22)15-9-5-2-6-10-15)17(21)23-13-14-7-3-1-4-8-14/h1-10,16,22H,11-13,19-20H2. The Kier molecular flexibility index (Phi) is 5.87. The van der Waals surface area contributed by atoms with Gasteiger partial charge in [-0.15, -0.1) is 0 Å². The predicted octanol–water partition coefficient (Wildman–Crippen LogP) is 1.50. The van der Waals surface area contributed by atoms with Crippen molar-refractivity contribution in [3.05, 3.63) is 71.8 Å². The SMILES string of the molecule is NCCC(C(=O)OCc1ccccc1)C(N)(O)c1ccccc1. The highest BCUT2D eigenvalue weighted by Gasteiger charge is 2.40. The smallest absolute Gasteiger partial charge is 0.314 e. The van der Waals surface area contributed by atoms with Crippen molar-refractivity contribution in [1.29, 1.82) is 0 Å². The maximum atomic E-state index is 12.4. The molecule has 2 rings (SSSR count). The van der Waals surface area contributed by atoms with Crippen LogP contribution in [-0.4, -0.2) is 17.6 Å². The molecule has 0 saturated carbocycles. The van der Waals surface area contributed by atoms with Crippen LogP contribution in [0.25, 0.3) is 0 Å². The minimum Gasteiger partial charge on any atom is -0.460 e. The molecule has 2 unspecified atom stereocenters. The van der Waals surface area contributed by atoms with Crippen molar-refractivity contribution in [1.82, 2.24) is 0 Å². The van der Waals surface area contributed by atoms with Gasteiger partial charge >= 0.3 is 5.97 Å². The second-order valence-corrected chi connectivity index (χ2v) is 5.41. The molecule has 5 N–H and O–H groups in total. The van der Waals surface area contributed by atoms with Crippen LogP contribution < -0.4 is 11.5 Å². The Morgan fingerprint density at radius 3 is 2.22 bits per heavy atom. The molecule has 0 bridgehead atoms. The fraction of sp³-hybridized carbons (Fsp3) is 0.278. The molecule has 0 fully saturated rings. The maximum absolute atomic E-state index is 12.4. The van der Waals surface area contributed by atoms with E-state index in [1.807, 2.05) is 36.4 Å². The number of carbonyl (C=O) groups is 1. The first-order valence-corrected chi connectivity index (χ1v) is 7.53. The van der Waals surface area contributed by atoms with Gasteiger partial charge in [-0.1, -0.05) is 60.7 Å². The molecule has 0 saturated heterocycles. The van der Waals surface area contributed by atoms with E-state index in [1.165, 1.54) is 0 Å². The van der Waals surface area contributed by atoms with Gasteiger partial charge in [-0.25, -0.2) is 0 Å². The third-order valence-corrected chi connectivity index (χ3v) is 3.73. The molecule has 0 amide bonds. The molecule has 0 spiro atoms. The molecule has 0 heterocycles. The molecule has 0 aromatic heterocycles. The van der Waals surface area contributed by atoms with Gasteiger partial charge in [0.1, 0.15) is 12.5 Å². The molecular weight excluding hydrogens is 292 g/mol. The fourth-order valence-corrected chi connectivity index (χ4v) is 2.42. The summed E-state index contributed by atoms with van der Waals surface area (Å²) < 4.78 is 5.32. The quantitative estimate of drug-likeness (QED) is 0.531. The Morgan fingerprint density at radius 2 is 1.65 bits per heavy atom. The van der Waals surface area contributed by atoms with Crippen LogP contribution in [0.1, 0.15) is 17.5 Å². The monoisotopic (exact) mass is 314 g/mol. The van der Waals surface area contributed by atoms with Gasteiger partial charge in [0, 0.05) is 0 Å². The Balaban J connectivity index is 2.12. The van der Waals surface area contributed by atoms with Crippen molar-refractivity contribution in [3.63, 3.8) is 0 Å². The van der Waals surface area contributed by atoms with E-state index in [0.717, 1.165) is 5.56 Å². The number of nitrogens with two attached hydrogens (primary N) is 2. The third-order valence-electron chi connectivity index (χ3n) is 3.73. The van der Waals surface area contributed by atoms with Crippen LogP contribution in [0.3, 0.4) is 0 Å². The lowest BCUT2D eigenvalue weighted by molar-refractivity contribution is -0.161. The largest absolute Gasteiger partial charge is 0.460 e. The van der Waals surface area contributed by atoms with Gasteiger partial charge in [0.05, 0.1) is 0 Å². The molecule has 0 aliphatic heterocycles. The average Bonchev–Trinajstić information content (AvgIpc) is 2.59. The minimum atomic E-state index is -1.82. The van der Waals surface area contributed by atoms with Gasteiger partial charge in [-0.05, 0) is 24.1 Å². The lowest BCUT2D eigenvalue weighted by atomic mass is 9.87. The number of ether oxygens (including phenoxy) is 1. The van der Waals surface area contributed by atoms with Crippen molar-refractivity contribution >= 4 is 5.97 Å². The molecule has 23 heavy (non-hydrogen) atoms. The first-order valence-electron chi connectivity index (χ1n) is 7.53. The molecule has 0 aliphatic rings. The first kappa shape index (κ1) is 17.1. The summed E-state index contributed by atoms with van der Waals surface area (Å²) in [6, 6.07) is 18.0. The molecule has 122 valence electrons. The number of aliphatic hydroxyl groups is 1. The zero-order valence-corrected chi connectivity index (χ0v) is 12.9. The number of benzene rings is 2. The van der Waals surface area contributed by atoms with Gasteiger partial charge in [-0.2, -0.15) is 0 Å². The summed E-state index contributed by atoms with van der Waals surface area (Å²) in [4.78, 5) is 12.4. The van der Waals surface area contributed by atoms with Crippen molar-refractivity contribution < 1.29 is 14.6 Å². The molecule has 2 aromatic carbocycles. The topological polar surface area (TPSA) is 98.6 Å². The summed E-state index contributed by atoms with van der Waals surface area (Å²) in [5.41, 5.74) is 11.1. The molecule has 2 atom stereocenters. The van der Waals surface area contributed by atoms with E-state index in [2.05, 4.69) is 0 Å². The summed E-state index contributed by atoms with van der Waals surface area (Å²) in [5.74, 6) is -1.49. The van der Waals surface area contributed by atoms with E-state index in [-0.39, 0.29) is 19.6 Å². The highest BCUT2D eigenvalue weighted by molar-refractivity contribution is 5.74. The molecule has 0 radical (unpaired) electrons. The van der Waals surface area contributed by atoms with Crippen LogP contribution in [0.15, 0.2) is 60.7 Å². The minimum absolute atomic E-state index is 0.131. The van der Waals surface area contributed by atoms with Crippen LogP contribution in [0.4, 0.5) is 0 Å². The molecular formula is C18H22N2O3. The summed E-state index contributed by atoms with van der Waals surface area (Å²) in [6.07, 6.45) is 0.232. The molecule has 5 heteroatoms. The van der Waals surface area contributed by atoms with Crippen LogP contribution in [0.2, 0.25) is 0 Å². The Morgan fingerprint density at radius 1 is 1.09 bits per heavy atom. The lowest BCUT2D eigenvalue weighted by Crippen LogP contribution is -2.48. The normalized spacial score (nSPS) is 14.7. The highest BCUT2D eigenvalue weighted by atomic mass is 16.5. The number of rotatable bonds is 7. The fourth-order valence-electron chi connectivity index (χ4n) is 2.42.